The minimum atomic E-state index is -0.474. The minimum absolute atomic E-state index is 0.0900. The Bertz CT molecular complexity index is 564. The van der Waals surface area contributed by atoms with Crippen LogP contribution in [-0.2, 0) is 4.79 Å². The van der Waals surface area contributed by atoms with E-state index < -0.39 is 5.76 Å². The van der Waals surface area contributed by atoms with Crippen LogP contribution in [0.4, 0.5) is 0 Å². The van der Waals surface area contributed by atoms with Gasteiger partial charge in [-0.05, 0) is 24.6 Å². The van der Waals surface area contributed by atoms with Gasteiger partial charge in [-0.2, -0.15) is 0 Å². The van der Waals surface area contributed by atoms with E-state index in [-0.39, 0.29) is 11.7 Å². The quantitative estimate of drug-likeness (QED) is 0.813. The van der Waals surface area contributed by atoms with E-state index in [9.17, 15) is 9.59 Å². The Morgan fingerprint density at radius 1 is 1.47 bits per heavy atom. The van der Waals surface area contributed by atoms with E-state index in [1.165, 1.54) is 0 Å². The van der Waals surface area contributed by atoms with Crippen LogP contribution >= 0.6 is 0 Å². The number of hydrogen-bond donors (Lipinski definition) is 1. The Hall–Kier alpha value is -1.84. The molecule has 1 atom stereocenters. The number of carbonyl (C=O) groups excluding carboxylic acids is 1. The average molecular weight is 205 g/mol. The number of oxazole rings is 1. The summed E-state index contributed by atoms with van der Waals surface area (Å²) < 4.78 is 4.92. The molecule has 0 bridgehead atoms. The van der Waals surface area contributed by atoms with Crippen molar-refractivity contribution in [2.45, 2.75) is 19.8 Å². The Balaban J connectivity index is 2.55. The molecule has 0 fully saturated rings. The maximum absolute atomic E-state index is 11.2. The number of ketones is 1. The van der Waals surface area contributed by atoms with Crippen molar-refractivity contribution in [3.63, 3.8) is 0 Å². The first kappa shape index (κ1) is 9.71. The smallest absolute Gasteiger partial charge is 0.408 e. The van der Waals surface area contributed by atoms with Gasteiger partial charge in [-0.3, -0.25) is 9.78 Å². The van der Waals surface area contributed by atoms with Crippen LogP contribution < -0.4 is 5.76 Å². The van der Waals surface area contributed by atoms with Gasteiger partial charge in [0.2, 0.25) is 0 Å². The van der Waals surface area contributed by atoms with Crippen LogP contribution in [0.1, 0.15) is 25.3 Å². The van der Waals surface area contributed by atoms with Crippen molar-refractivity contribution < 1.29 is 9.21 Å². The highest BCUT2D eigenvalue weighted by molar-refractivity contribution is 5.84. The number of aromatic amines is 1. The molecule has 1 heterocycles. The lowest BCUT2D eigenvalue weighted by molar-refractivity contribution is -0.118. The highest BCUT2D eigenvalue weighted by atomic mass is 16.4. The fourth-order valence-electron chi connectivity index (χ4n) is 1.47. The molecular weight excluding hydrogens is 194 g/mol. The normalized spacial score (nSPS) is 12.9. The predicted octanol–water partition coefficient (Wildman–Crippen LogP) is 1.81. The van der Waals surface area contributed by atoms with Crippen molar-refractivity contribution in [1.29, 1.82) is 0 Å². The second-order valence-corrected chi connectivity index (χ2v) is 3.60. The van der Waals surface area contributed by atoms with Crippen molar-refractivity contribution in [1.82, 2.24) is 4.98 Å². The van der Waals surface area contributed by atoms with Crippen molar-refractivity contribution in [3.8, 4) is 0 Å². The Kier molecular flexibility index (Phi) is 2.19. The Labute approximate surface area is 85.9 Å². The third-order valence-corrected chi connectivity index (χ3v) is 2.55. The molecule has 0 saturated carbocycles. The zero-order valence-electron chi connectivity index (χ0n) is 8.53. The van der Waals surface area contributed by atoms with E-state index in [4.69, 9.17) is 4.42 Å². The number of aromatic nitrogens is 1. The number of fused-ring (bicyclic) bond motifs is 1. The monoisotopic (exact) mass is 205 g/mol. The summed E-state index contributed by atoms with van der Waals surface area (Å²) in [4.78, 5) is 24.6. The summed E-state index contributed by atoms with van der Waals surface area (Å²) in [5, 5.41) is 0. The van der Waals surface area contributed by atoms with Gasteiger partial charge in [-0.1, -0.05) is 13.0 Å². The van der Waals surface area contributed by atoms with E-state index in [2.05, 4.69) is 4.98 Å². The molecule has 1 aromatic heterocycles. The number of H-pyrrole nitrogens is 1. The zero-order chi connectivity index (χ0) is 11.0. The number of carbonyl (C=O) groups is 1. The summed E-state index contributed by atoms with van der Waals surface area (Å²) in [6, 6.07) is 5.29. The predicted molar refractivity (Wildman–Crippen MR) is 55.9 cm³/mol. The molecule has 15 heavy (non-hydrogen) atoms. The minimum Gasteiger partial charge on any atom is -0.408 e. The molecule has 0 aliphatic rings. The van der Waals surface area contributed by atoms with Crippen LogP contribution in [0.15, 0.2) is 27.4 Å². The molecule has 1 unspecified atom stereocenters. The number of benzene rings is 1. The molecule has 78 valence electrons. The highest BCUT2D eigenvalue weighted by Crippen LogP contribution is 2.20. The summed E-state index contributed by atoms with van der Waals surface area (Å²) in [6.07, 6.45) is 0. The summed E-state index contributed by atoms with van der Waals surface area (Å²) in [5.41, 5.74) is 2.00. The first-order chi connectivity index (χ1) is 7.08. The number of nitrogens with one attached hydrogen (secondary N) is 1. The molecule has 1 N–H and O–H groups in total. The SMILES string of the molecule is CC(=O)C(C)c1ccc2[nH]c(=O)oc2c1. The van der Waals surface area contributed by atoms with Gasteiger partial charge < -0.3 is 4.42 Å². The van der Waals surface area contributed by atoms with Crippen LogP contribution in [-0.4, -0.2) is 10.8 Å². The van der Waals surface area contributed by atoms with Gasteiger partial charge in [0.05, 0.1) is 5.52 Å². The van der Waals surface area contributed by atoms with Gasteiger partial charge in [0, 0.05) is 5.92 Å². The van der Waals surface area contributed by atoms with Gasteiger partial charge in [-0.15, -0.1) is 0 Å². The number of hydrogen-bond acceptors (Lipinski definition) is 3. The Morgan fingerprint density at radius 3 is 2.87 bits per heavy atom. The molecule has 0 aliphatic carbocycles. The highest BCUT2D eigenvalue weighted by Gasteiger charge is 2.12. The van der Waals surface area contributed by atoms with Crippen molar-refractivity contribution in [2.75, 3.05) is 0 Å². The molecule has 0 amide bonds. The first-order valence-corrected chi connectivity index (χ1v) is 4.71. The molecule has 0 saturated heterocycles. The summed E-state index contributed by atoms with van der Waals surface area (Å²) in [7, 11) is 0. The van der Waals surface area contributed by atoms with Crippen LogP contribution in [0.2, 0.25) is 0 Å². The van der Waals surface area contributed by atoms with E-state index in [1.807, 2.05) is 13.0 Å². The summed E-state index contributed by atoms with van der Waals surface area (Å²) >= 11 is 0. The molecular formula is C11H11NO3. The fraction of sp³-hybridized carbons (Fsp3) is 0.273. The van der Waals surface area contributed by atoms with Crippen molar-refractivity contribution in [3.05, 3.63) is 34.3 Å². The van der Waals surface area contributed by atoms with Crippen molar-refractivity contribution >= 4 is 16.9 Å². The van der Waals surface area contributed by atoms with E-state index in [0.717, 1.165) is 5.56 Å². The van der Waals surface area contributed by atoms with Gasteiger partial charge in [0.1, 0.15) is 5.78 Å². The molecule has 4 heteroatoms. The van der Waals surface area contributed by atoms with E-state index in [1.54, 1.807) is 19.1 Å². The molecule has 2 aromatic rings. The van der Waals surface area contributed by atoms with Crippen LogP contribution in [0, 0.1) is 0 Å². The second-order valence-electron chi connectivity index (χ2n) is 3.60. The van der Waals surface area contributed by atoms with E-state index >= 15 is 0 Å². The van der Waals surface area contributed by atoms with E-state index in [0.29, 0.717) is 11.1 Å². The Morgan fingerprint density at radius 2 is 2.20 bits per heavy atom. The fourth-order valence-corrected chi connectivity index (χ4v) is 1.47. The maximum atomic E-state index is 11.2. The number of Topliss-reactive ketones (excluding diaryl/α,β-unsaturated/α-hetero) is 1. The van der Waals surface area contributed by atoms with Gasteiger partial charge >= 0.3 is 5.76 Å². The van der Waals surface area contributed by atoms with Crippen LogP contribution in [0.5, 0.6) is 0 Å². The second kappa shape index (κ2) is 3.38. The largest absolute Gasteiger partial charge is 0.417 e. The third kappa shape index (κ3) is 1.70. The lowest BCUT2D eigenvalue weighted by Crippen LogP contribution is -2.03. The van der Waals surface area contributed by atoms with Crippen molar-refractivity contribution in [2.24, 2.45) is 0 Å². The summed E-state index contributed by atoms with van der Waals surface area (Å²) in [5.74, 6) is -0.556. The maximum Gasteiger partial charge on any atom is 0.417 e. The third-order valence-electron chi connectivity index (χ3n) is 2.55. The van der Waals surface area contributed by atoms with Gasteiger partial charge in [-0.25, -0.2) is 4.79 Å². The molecule has 1 aromatic carbocycles. The summed E-state index contributed by atoms with van der Waals surface area (Å²) in [6.45, 7) is 3.37. The molecule has 0 aliphatic heterocycles. The topological polar surface area (TPSA) is 63.1 Å². The lowest BCUT2D eigenvalue weighted by atomic mass is 9.97. The molecule has 0 spiro atoms. The first-order valence-electron chi connectivity index (χ1n) is 4.71. The standard InChI is InChI=1S/C11H11NO3/c1-6(7(2)13)8-3-4-9-10(5-8)15-11(14)12-9/h3-6H,1-2H3,(H,12,14). The molecule has 0 radical (unpaired) electrons. The number of rotatable bonds is 2. The van der Waals surface area contributed by atoms with Crippen LogP contribution in [0.25, 0.3) is 11.1 Å². The molecule has 2 rings (SSSR count). The average Bonchev–Trinajstić information content (AvgIpc) is 2.55. The van der Waals surface area contributed by atoms with Crippen LogP contribution in [0.3, 0.4) is 0 Å². The zero-order valence-corrected chi connectivity index (χ0v) is 8.53. The lowest BCUT2D eigenvalue weighted by Gasteiger charge is -2.06. The van der Waals surface area contributed by atoms with Gasteiger partial charge in [0.25, 0.3) is 0 Å². The van der Waals surface area contributed by atoms with Gasteiger partial charge in [0.15, 0.2) is 5.58 Å². The molecule has 4 nitrogen and oxygen atoms in total.